The van der Waals surface area contributed by atoms with Crippen molar-refractivity contribution in [2.24, 2.45) is 5.92 Å². The lowest BCUT2D eigenvalue weighted by atomic mass is 9.75. The fourth-order valence-electron chi connectivity index (χ4n) is 4.23. The minimum Gasteiger partial charge on any atom is -0.497 e. The highest BCUT2D eigenvalue weighted by Gasteiger charge is 2.33. The topological polar surface area (TPSA) is 30.5 Å². The predicted octanol–water partition coefficient (Wildman–Crippen LogP) is 5.16. The van der Waals surface area contributed by atoms with E-state index in [-0.39, 0.29) is 5.60 Å². The highest BCUT2D eigenvalue weighted by molar-refractivity contribution is 5.30. The molecule has 3 heteroatoms. The van der Waals surface area contributed by atoms with Crippen LogP contribution in [0.2, 0.25) is 0 Å². The van der Waals surface area contributed by atoms with E-state index in [1.54, 1.807) is 7.11 Å². The number of hydrogen-bond acceptors (Lipinski definition) is 3. The van der Waals surface area contributed by atoms with Crippen molar-refractivity contribution in [1.29, 1.82) is 0 Å². The number of nitrogens with one attached hydrogen (secondary N) is 1. The fraction of sp³-hybridized carbons (Fsp3) is 0.500. The van der Waals surface area contributed by atoms with E-state index in [1.165, 1.54) is 11.1 Å². The van der Waals surface area contributed by atoms with Crippen LogP contribution in [0.1, 0.15) is 50.2 Å². The second kappa shape index (κ2) is 9.38. The molecule has 0 aliphatic carbocycles. The van der Waals surface area contributed by atoms with Gasteiger partial charge in [-0.2, -0.15) is 0 Å². The molecule has 3 nitrogen and oxygen atoms in total. The first-order chi connectivity index (χ1) is 13.1. The van der Waals surface area contributed by atoms with Crippen molar-refractivity contribution in [3.05, 3.63) is 65.7 Å². The first-order valence-corrected chi connectivity index (χ1v) is 10.1. The van der Waals surface area contributed by atoms with Crippen LogP contribution in [0.15, 0.2) is 54.6 Å². The van der Waals surface area contributed by atoms with Gasteiger partial charge in [0, 0.05) is 13.2 Å². The van der Waals surface area contributed by atoms with Crippen LogP contribution in [0.25, 0.3) is 0 Å². The Morgan fingerprint density at radius 2 is 1.85 bits per heavy atom. The lowest BCUT2D eigenvalue weighted by Gasteiger charge is -2.39. The number of methoxy groups -OCH3 is 1. The Hall–Kier alpha value is -1.84. The molecule has 2 aromatic rings. The first-order valence-electron chi connectivity index (χ1n) is 10.1. The van der Waals surface area contributed by atoms with Gasteiger partial charge in [-0.15, -0.1) is 0 Å². The van der Waals surface area contributed by atoms with Crippen molar-refractivity contribution in [3.8, 4) is 5.75 Å². The maximum atomic E-state index is 5.97. The van der Waals surface area contributed by atoms with Crippen molar-refractivity contribution in [1.82, 2.24) is 5.32 Å². The molecule has 0 spiro atoms. The minimum absolute atomic E-state index is 0.0227. The molecule has 2 aromatic carbocycles. The van der Waals surface area contributed by atoms with E-state index in [2.05, 4.69) is 73.8 Å². The van der Waals surface area contributed by atoms with Gasteiger partial charge in [-0.3, -0.25) is 0 Å². The van der Waals surface area contributed by atoms with Gasteiger partial charge in [-0.25, -0.2) is 0 Å². The molecule has 0 bridgehead atoms. The molecule has 0 aromatic heterocycles. The van der Waals surface area contributed by atoms with Gasteiger partial charge in [-0.1, -0.05) is 42.5 Å². The van der Waals surface area contributed by atoms with Crippen LogP contribution in [0.5, 0.6) is 5.75 Å². The smallest absolute Gasteiger partial charge is 0.118 e. The van der Waals surface area contributed by atoms with Crippen molar-refractivity contribution in [2.45, 2.75) is 51.2 Å². The Balaban J connectivity index is 1.65. The molecule has 1 saturated heterocycles. The predicted molar refractivity (Wildman–Crippen MR) is 111 cm³/mol. The summed E-state index contributed by atoms with van der Waals surface area (Å²) in [5.74, 6) is 2.12. The molecular formula is C24H33NO2. The van der Waals surface area contributed by atoms with Crippen LogP contribution in [0.4, 0.5) is 0 Å². The fourth-order valence-corrected chi connectivity index (χ4v) is 4.23. The van der Waals surface area contributed by atoms with Crippen LogP contribution >= 0.6 is 0 Å². The quantitative estimate of drug-likeness (QED) is 0.654. The van der Waals surface area contributed by atoms with Crippen molar-refractivity contribution < 1.29 is 9.47 Å². The number of ether oxygens (including phenoxy) is 2. The Labute approximate surface area is 164 Å². The third-order valence-electron chi connectivity index (χ3n) is 5.65. The van der Waals surface area contributed by atoms with E-state index in [0.29, 0.717) is 11.8 Å². The highest BCUT2D eigenvalue weighted by Crippen LogP contribution is 2.40. The molecule has 146 valence electrons. The monoisotopic (exact) mass is 367 g/mol. The van der Waals surface area contributed by atoms with E-state index in [4.69, 9.17) is 9.47 Å². The third kappa shape index (κ3) is 5.82. The molecular weight excluding hydrogens is 334 g/mol. The van der Waals surface area contributed by atoms with E-state index in [0.717, 1.165) is 44.7 Å². The van der Waals surface area contributed by atoms with E-state index < -0.39 is 0 Å². The molecule has 1 N–H and O–H groups in total. The molecule has 2 unspecified atom stereocenters. The number of rotatable bonds is 8. The molecule has 3 rings (SSSR count). The van der Waals surface area contributed by atoms with Gasteiger partial charge < -0.3 is 14.8 Å². The Kier molecular flexibility index (Phi) is 6.92. The molecule has 0 saturated carbocycles. The van der Waals surface area contributed by atoms with Crippen molar-refractivity contribution in [2.75, 3.05) is 20.3 Å². The first kappa shape index (κ1) is 19.9. The summed E-state index contributed by atoms with van der Waals surface area (Å²) in [6.07, 6.45) is 3.39. The summed E-state index contributed by atoms with van der Waals surface area (Å²) >= 11 is 0. The zero-order valence-electron chi connectivity index (χ0n) is 16.9. The lowest BCUT2D eigenvalue weighted by molar-refractivity contribution is -0.0771. The van der Waals surface area contributed by atoms with Gasteiger partial charge in [0.15, 0.2) is 0 Å². The summed E-state index contributed by atoms with van der Waals surface area (Å²) in [5.41, 5.74) is 2.73. The van der Waals surface area contributed by atoms with Crippen LogP contribution in [-0.2, 0) is 11.3 Å². The van der Waals surface area contributed by atoms with Gasteiger partial charge in [-0.05, 0) is 74.8 Å². The van der Waals surface area contributed by atoms with Gasteiger partial charge >= 0.3 is 0 Å². The molecule has 1 aliphatic rings. The van der Waals surface area contributed by atoms with E-state index in [1.807, 2.05) is 0 Å². The molecule has 1 aliphatic heterocycles. The van der Waals surface area contributed by atoms with Crippen LogP contribution in [-0.4, -0.2) is 25.9 Å². The standard InChI is InChI=1S/C24H33NO2/c1-24(2)17-21(14-16-27-24)23(20-9-11-22(26-3)12-10-20)13-15-25-18-19-7-5-4-6-8-19/h4-12,21,23,25H,13-18H2,1-3H3. The Morgan fingerprint density at radius 3 is 2.52 bits per heavy atom. The van der Waals surface area contributed by atoms with Crippen molar-refractivity contribution in [3.63, 3.8) is 0 Å². The SMILES string of the molecule is COc1ccc(C(CCNCc2ccccc2)C2CCOC(C)(C)C2)cc1. The van der Waals surface area contributed by atoms with Gasteiger partial charge in [0.25, 0.3) is 0 Å². The molecule has 27 heavy (non-hydrogen) atoms. The molecule has 1 heterocycles. The average Bonchev–Trinajstić information content (AvgIpc) is 2.68. The Morgan fingerprint density at radius 1 is 1.11 bits per heavy atom. The summed E-state index contributed by atoms with van der Waals surface area (Å²) in [4.78, 5) is 0. The highest BCUT2D eigenvalue weighted by atomic mass is 16.5. The van der Waals surface area contributed by atoms with Crippen LogP contribution < -0.4 is 10.1 Å². The van der Waals surface area contributed by atoms with Crippen LogP contribution in [0, 0.1) is 5.92 Å². The van der Waals surface area contributed by atoms with Crippen LogP contribution in [0.3, 0.4) is 0 Å². The maximum Gasteiger partial charge on any atom is 0.118 e. The average molecular weight is 368 g/mol. The molecule has 2 atom stereocenters. The summed E-state index contributed by atoms with van der Waals surface area (Å²) in [5, 5.41) is 3.63. The molecule has 0 radical (unpaired) electrons. The summed E-state index contributed by atoms with van der Waals surface area (Å²) in [6, 6.07) is 19.3. The summed E-state index contributed by atoms with van der Waals surface area (Å²) in [7, 11) is 1.72. The molecule has 0 amide bonds. The zero-order valence-corrected chi connectivity index (χ0v) is 16.9. The lowest BCUT2D eigenvalue weighted by Crippen LogP contribution is -2.36. The second-order valence-corrected chi connectivity index (χ2v) is 8.19. The van der Waals surface area contributed by atoms with Gasteiger partial charge in [0.05, 0.1) is 12.7 Å². The minimum atomic E-state index is -0.0227. The normalized spacial score (nSPS) is 20.2. The van der Waals surface area contributed by atoms with Gasteiger partial charge in [0.2, 0.25) is 0 Å². The zero-order chi connectivity index (χ0) is 19.1. The third-order valence-corrected chi connectivity index (χ3v) is 5.65. The van der Waals surface area contributed by atoms with Gasteiger partial charge in [0.1, 0.15) is 5.75 Å². The molecule has 1 fully saturated rings. The Bertz CT molecular complexity index is 681. The maximum absolute atomic E-state index is 5.97. The van der Waals surface area contributed by atoms with E-state index >= 15 is 0 Å². The number of benzene rings is 2. The summed E-state index contributed by atoms with van der Waals surface area (Å²) in [6.45, 7) is 7.25. The number of hydrogen-bond donors (Lipinski definition) is 1. The van der Waals surface area contributed by atoms with E-state index in [9.17, 15) is 0 Å². The van der Waals surface area contributed by atoms with Crippen molar-refractivity contribution >= 4 is 0 Å². The summed E-state index contributed by atoms with van der Waals surface area (Å²) < 4.78 is 11.3. The largest absolute Gasteiger partial charge is 0.497 e. The second-order valence-electron chi connectivity index (χ2n) is 8.19.